The van der Waals surface area contributed by atoms with Gasteiger partial charge in [0.05, 0.1) is 5.92 Å². The van der Waals surface area contributed by atoms with Crippen molar-refractivity contribution in [2.45, 2.75) is 52.0 Å². The van der Waals surface area contributed by atoms with Crippen LogP contribution in [0.3, 0.4) is 0 Å². The Labute approximate surface area is 123 Å². The molecule has 0 bridgehead atoms. The van der Waals surface area contributed by atoms with E-state index in [4.69, 9.17) is 5.73 Å². The van der Waals surface area contributed by atoms with Crippen LogP contribution >= 0.6 is 0 Å². The zero-order valence-electron chi connectivity index (χ0n) is 13.1. The number of hydrogen-bond acceptors (Lipinski definition) is 3. The van der Waals surface area contributed by atoms with Gasteiger partial charge in [0, 0.05) is 19.1 Å². The molecule has 3 N–H and O–H groups in total. The molecule has 1 saturated heterocycles. The molecule has 20 heavy (non-hydrogen) atoms. The number of carbonyl (C=O) groups excluding carboxylic acids is 1. The van der Waals surface area contributed by atoms with Crippen LogP contribution in [0.1, 0.15) is 46.0 Å². The highest BCUT2D eigenvalue weighted by Crippen LogP contribution is 2.29. The standard InChI is InChI=1S/C16H31N3O/c1-12(11-19-8-3-4-9-19)10-18-16(20)15-13(2)6-5-7-14(15)17/h12-15H,3-11,17H2,1-2H3,(H,18,20). The van der Waals surface area contributed by atoms with E-state index in [-0.39, 0.29) is 17.9 Å². The van der Waals surface area contributed by atoms with Gasteiger partial charge in [-0.3, -0.25) is 4.79 Å². The molecule has 4 heteroatoms. The molecule has 2 fully saturated rings. The second kappa shape index (κ2) is 7.41. The lowest BCUT2D eigenvalue weighted by atomic mass is 9.76. The molecule has 2 aliphatic rings. The van der Waals surface area contributed by atoms with Gasteiger partial charge in [-0.2, -0.15) is 0 Å². The van der Waals surface area contributed by atoms with Gasteiger partial charge in [0.25, 0.3) is 0 Å². The highest BCUT2D eigenvalue weighted by atomic mass is 16.1. The van der Waals surface area contributed by atoms with Crippen molar-refractivity contribution in [2.75, 3.05) is 26.2 Å². The van der Waals surface area contributed by atoms with Crippen LogP contribution in [-0.2, 0) is 4.79 Å². The Hall–Kier alpha value is -0.610. The molecule has 1 aliphatic heterocycles. The third-order valence-corrected chi connectivity index (χ3v) is 4.97. The summed E-state index contributed by atoms with van der Waals surface area (Å²) in [6.45, 7) is 8.73. The minimum absolute atomic E-state index is 0.0164. The average molecular weight is 281 g/mol. The lowest BCUT2D eigenvalue weighted by Gasteiger charge is -2.33. The topological polar surface area (TPSA) is 58.4 Å². The number of nitrogens with one attached hydrogen (secondary N) is 1. The molecule has 0 aromatic heterocycles. The summed E-state index contributed by atoms with van der Waals surface area (Å²) in [6, 6.07) is 0.0487. The fourth-order valence-electron chi connectivity index (χ4n) is 3.77. The van der Waals surface area contributed by atoms with E-state index >= 15 is 0 Å². The molecule has 1 saturated carbocycles. The molecule has 1 aliphatic carbocycles. The first-order valence-electron chi connectivity index (χ1n) is 8.33. The summed E-state index contributed by atoms with van der Waals surface area (Å²) in [5.41, 5.74) is 6.14. The van der Waals surface area contributed by atoms with E-state index in [2.05, 4.69) is 24.1 Å². The van der Waals surface area contributed by atoms with E-state index in [1.807, 2.05) is 0 Å². The number of nitrogens with zero attached hydrogens (tertiary/aromatic N) is 1. The Bertz CT molecular complexity index is 305. The summed E-state index contributed by atoms with van der Waals surface area (Å²) in [5.74, 6) is 1.14. The zero-order valence-corrected chi connectivity index (χ0v) is 13.1. The molecule has 0 aromatic carbocycles. The van der Waals surface area contributed by atoms with E-state index in [1.165, 1.54) is 25.9 Å². The van der Waals surface area contributed by atoms with Gasteiger partial charge in [0.2, 0.25) is 5.91 Å². The largest absolute Gasteiger partial charge is 0.355 e. The van der Waals surface area contributed by atoms with E-state index < -0.39 is 0 Å². The summed E-state index contributed by atoms with van der Waals surface area (Å²) in [7, 11) is 0. The van der Waals surface area contributed by atoms with E-state index in [0.29, 0.717) is 11.8 Å². The van der Waals surface area contributed by atoms with Crippen molar-refractivity contribution in [3.63, 3.8) is 0 Å². The molecule has 1 amide bonds. The molecule has 1 heterocycles. The molecular formula is C16H31N3O. The highest BCUT2D eigenvalue weighted by molar-refractivity contribution is 5.79. The molecule has 4 atom stereocenters. The SMILES string of the molecule is CC(CNC(=O)C1C(C)CCCC1N)CN1CCCC1. The Balaban J connectivity index is 1.73. The van der Waals surface area contributed by atoms with Crippen molar-refractivity contribution >= 4 is 5.91 Å². The number of nitrogens with two attached hydrogens (primary N) is 1. The molecule has 4 nitrogen and oxygen atoms in total. The second-order valence-electron chi connectivity index (χ2n) is 6.96. The van der Waals surface area contributed by atoms with Crippen molar-refractivity contribution in [3.05, 3.63) is 0 Å². The normalized spacial score (nSPS) is 33.0. The summed E-state index contributed by atoms with van der Waals surface area (Å²) in [4.78, 5) is 14.9. The molecule has 2 rings (SSSR count). The van der Waals surface area contributed by atoms with Gasteiger partial charge < -0.3 is 16.0 Å². The van der Waals surface area contributed by atoms with Crippen LogP contribution < -0.4 is 11.1 Å². The summed E-state index contributed by atoms with van der Waals surface area (Å²) >= 11 is 0. The van der Waals surface area contributed by atoms with Crippen LogP contribution in [-0.4, -0.2) is 43.0 Å². The maximum absolute atomic E-state index is 12.4. The van der Waals surface area contributed by atoms with Crippen molar-refractivity contribution in [2.24, 2.45) is 23.5 Å². The minimum atomic E-state index is 0.0164. The lowest BCUT2D eigenvalue weighted by molar-refractivity contribution is -0.128. The van der Waals surface area contributed by atoms with Crippen molar-refractivity contribution in [3.8, 4) is 0 Å². The minimum Gasteiger partial charge on any atom is -0.355 e. The Morgan fingerprint density at radius 2 is 2.00 bits per heavy atom. The first kappa shape index (κ1) is 15.8. The quantitative estimate of drug-likeness (QED) is 0.805. The summed E-state index contributed by atoms with van der Waals surface area (Å²) in [6.07, 6.45) is 5.94. The van der Waals surface area contributed by atoms with Crippen LogP contribution in [0.5, 0.6) is 0 Å². The molecule has 116 valence electrons. The smallest absolute Gasteiger partial charge is 0.224 e. The van der Waals surface area contributed by atoms with Crippen molar-refractivity contribution in [1.29, 1.82) is 0 Å². The number of hydrogen-bond donors (Lipinski definition) is 2. The van der Waals surface area contributed by atoms with Crippen molar-refractivity contribution < 1.29 is 4.79 Å². The van der Waals surface area contributed by atoms with E-state index in [0.717, 1.165) is 32.4 Å². The fourth-order valence-corrected chi connectivity index (χ4v) is 3.77. The van der Waals surface area contributed by atoms with Crippen LogP contribution in [0.15, 0.2) is 0 Å². The van der Waals surface area contributed by atoms with E-state index in [1.54, 1.807) is 0 Å². The van der Waals surface area contributed by atoms with Gasteiger partial charge in [0.15, 0.2) is 0 Å². The summed E-state index contributed by atoms with van der Waals surface area (Å²) in [5, 5.41) is 3.14. The van der Waals surface area contributed by atoms with Gasteiger partial charge >= 0.3 is 0 Å². The third kappa shape index (κ3) is 4.19. The van der Waals surface area contributed by atoms with Gasteiger partial charge in [-0.25, -0.2) is 0 Å². The zero-order chi connectivity index (χ0) is 14.5. The maximum atomic E-state index is 12.4. The summed E-state index contributed by atoms with van der Waals surface area (Å²) < 4.78 is 0. The van der Waals surface area contributed by atoms with Gasteiger partial charge in [-0.15, -0.1) is 0 Å². The number of carbonyl (C=O) groups is 1. The van der Waals surface area contributed by atoms with Crippen LogP contribution in [0, 0.1) is 17.8 Å². The number of likely N-dealkylation sites (tertiary alicyclic amines) is 1. The van der Waals surface area contributed by atoms with Gasteiger partial charge in [-0.05, 0) is 50.6 Å². The molecule has 0 spiro atoms. The molecule has 0 aromatic rings. The van der Waals surface area contributed by atoms with Gasteiger partial charge in [-0.1, -0.05) is 20.3 Å². The Kier molecular flexibility index (Phi) is 5.85. The molecule has 0 radical (unpaired) electrons. The predicted octanol–water partition coefficient (Wildman–Crippen LogP) is 1.60. The van der Waals surface area contributed by atoms with Crippen LogP contribution in [0.2, 0.25) is 0 Å². The van der Waals surface area contributed by atoms with Gasteiger partial charge in [0.1, 0.15) is 0 Å². The monoisotopic (exact) mass is 281 g/mol. The highest BCUT2D eigenvalue weighted by Gasteiger charge is 2.33. The van der Waals surface area contributed by atoms with Crippen LogP contribution in [0.25, 0.3) is 0 Å². The second-order valence-corrected chi connectivity index (χ2v) is 6.96. The first-order chi connectivity index (χ1) is 9.58. The number of rotatable bonds is 5. The number of amides is 1. The Morgan fingerprint density at radius 3 is 2.65 bits per heavy atom. The molecule has 4 unspecified atom stereocenters. The first-order valence-corrected chi connectivity index (χ1v) is 8.33. The molecular weight excluding hydrogens is 250 g/mol. The Morgan fingerprint density at radius 1 is 1.30 bits per heavy atom. The fraction of sp³-hybridized carbons (Fsp3) is 0.938. The third-order valence-electron chi connectivity index (χ3n) is 4.97. The van der Waals surface area contributed by atoms with Crippen molar-refractivity contribution in [1.82, 2.24) is 10.2 Å². The lowest BCUT2D eigenvalue weighted by Crippen LogP contribution is -2.48. The van der Waals surface area contributed by atoms with Crippen LogP contribution in [0.4, 0.5) is 0 Å². The maximum Gasteiger partial charge on any atom is 0.224 e. The van der Waals surface area contributed by atoms with E-state index in [9.17, 15) is 4.79 Å². The predicted molar refractivity (Wildman–Crippen MR) is 82.3 cm³/mol. The average Bonchev–Trinajstić information content (AvgIpc) is 2.89.